The van der Waals surface area contributed by atoms with Crippen molar-refractivity contribution in [2.75, 3.05) is 26.2 Å². The van der Waals surface area contributed by atoms with E-state index in [2.05, 4.69) is 15.6 Å². The van der Waals surface area contributed by atoms with Gasteiger partial charge in [0.1, 0.15) is 0 Å². The summed E-state index contributed by atoms with van der Waals surface area (Å²) < 4.78 is 5.66. The maximum absolute atomic E-state index is 12.1. The largest absolute Gasteiger partial charge is 0.375 e. The molecule has 1 atom stereocenters. The normalized spacial score (nSPS) is 19.7. The van der Waals surface area contributed by atoms with Gasteiger partial charge in [0.15, 0.2) is 0 Å². The van der Waals surface area contributed by atoms with Crippen LogP contribution in [0.25, 0.3) is 10.9 Å². The van der Waals surface area contributed by atoms with E-state index in [1.165, 1.54) is 0 Å². The molecule has 0 radical (unpaired) electrons. The molecule has 1 aromatic heterocycles. The van der Waals surface area contributed by atoms with Crippen LogP contribution in [0.5, 0.6) is 0 Å². The molecule has 0 bridgehead atoms. The van der Waals surface area contributed by atoms with E-state index in [1.807, 2.05) is 30.5 Å². The minimum absolute atomic E-state index is 0.0532. The molecule has 0 aliphatic carbocycles. The molecule has 3 rings (SSSR count). The number of hydrogen-bond donors (Lipinski definition) is 3. The van der Waals surface area contributed by atoms with Crippen molar-refractivity contribution >= 4 is 16.8 Å². The molecule has 1 aliphatic rings. The minimum atomic E-state index is -0.0547. The fourth-order valence-corrected chi connectivity index (χ4v) is 2.40. The number of H-pyrrole nitrogens is 1. The lowest BCUT2D eigenvalue weighted by molar-refractivity contribution is 0.0626. The lowest BCUT2D eigenvalue weighted by atomic mass is 10.1. The Labute approximate surface area is 117 Å². The van der Waals surface area contributed by atoms with Crippen molar-refractivity contribution in [1.29, 1.82) is 0 Å². The average Bonchev–Trinajstić information content (AvgIpc) is 2.78. The van der Waals surface area contributed by atoms with Crippen LogP contribution in [0.3, 0.4) is 0 Å². The molecule has 0 spiro atoms. The number of amides is 1. The SMILES string of the molecule is O=C(NCC1CNCCCO1)c1ccc2[nH]ccc2c1. The second-order valence-corrected chi connectivity index (χ2v) is 5.04. The van der Waals surface area contributed by atoms with Crippen LogP contribution in [-0.4, -0.2) is 43.2 Å². The summed E-state index contributed by atoms with van der Waals surface area (Å²) in [5, 5.41) is 7.29. The first-order chi connectivity index (χ1) is 9.83. The molecule has 1 amide bonds. The highest BCUT2D eigenvalue weighted by atomic mass is 16.5. The predicted molar refractivity (Wildman–Crippen MR) is 77.9 cm³/mol. The molecule has 106 valence electrons. The lowest BCUT2D eigenvalue weighted by Crippen LogP contribution is -2.38. The monoisotopic (exact) mass is 273 g/mol. The molecule has 1 aliphatic heterocycles. The van der Waals surface area contributed by atoms with Gasteiger partial charge in [-0.05, 0) is 37.2 Å². The highest BCUT2D eigenvalue weighted by Crippen LogP contribution is 2.14. The maximum atomic E-state index is 12.1. The van der Waals surface area contributed by atoms with E-state index in [0.29, 0.717) is 12.1 Å². The number of aromatic nitrogens is 1. The number of hydrogen-bond acceptors (Lipinski definition) is 3. The van der Waals surface area contributed by atoms with Gasteiger partial charge in [0.05, 0.1) is 6.10 Å². The molecule has 2 heterocycles. The first kappa shape index (κ1) is 13.1. The summed E-state index contributed by atoms with van der Waals surface area (Å²) in [5.74, 6) is -0.0547. The van der Waals surface area contributed by atoms with Gasteiger partial charge in [-0.3, -0.25) is 4.79 Å². The first-order valence-corrected chi connectivity index (χ1v) is 7.00. The van der Waals surface area contributed by atoms with Crippen molar-refractivity contribution < 1.29 is 9.53 Å². The van der Waals surface area contributed by atoms with Crippen molar-refractivity contribution in [1.82, 2.24) is 15.6 Å². The fraction of sp³-hybridized carbons (Fsp3) is 0.400. The Hall–Kier alpha value is -1.85. The number of benzene rings is 1. The van der Waals surface area contributed by atoms with Crippen LogP contribution in [0.2, 0.25) is 0 Å². The Morgan fingerprint density at radius 1 is 1.40 bits per heavy atom. The zero-order chi connectivity index (χ0) is 13.8. The van der Waals surface area contributed by atoms with Crippen LogP contribution in [0.1, 0.15) is 16.8 Å². The summed E-state index contributed by atoms with van der Waals surface area (Å²) in [6, 6.07) is 7.62. The van der Waals surface area contributed by atoms with Crippen LogP contribution in [0.4, 0.5) is 0 Å². The second kappa shape index (κ2) is 6.07. The van der Waals surface area contributed by atoms with Gasteiger partial charge in [-0.15, -0.1) is 0 Å². The Kier molecular flexibility index (Phi) is 3.99. The molecule has 5 heteroatoms. The number of carbonyl (C=O) groups is 1. The van der Waals surface area contributed by atoms with Crippen molar-refractivity contribution in [3.63, 3.8) is 0 Å². The Bertz CT molecular complexity index is 586. The molecule has 2 aromatic rings. The topological polar surface area (TPSA) is 66.2 Å². The number of ether oxygens (including phenoxy) is 1. The summed E-state index contributed by atoms with van der Waals surface area (Å²) in [6.07, 6.45) is 2.95. The van der Waals surface area contributed by atoms with Crippen molar-refractivity contribution in [2.45, 2.75) is 12.5 Å². The van der Waals surface area contributed by atoms with Gasteiger partial charge < -0.3 is 20.4 Å². The molecule has 1 unspecified atom stereocenters. The third kappa shape index (κ3) is 3.00. The molecule has 20 heavy (non-hydrogen) atoms. The highest BCUT2D eigenvalue weighted by Gasteiger charge is 2.14. The van der Waals surface area contributed by atoms with Gasteiger partial charge in [-0.2, -0.15) is 0 Å². The van der Waals surface area contributed by atoms with Gasteiger partial charge in [0, 0.05) is 42.4 Å². The third-order valence-corrected chi connectivity index (χ3v) is 3.53. The van der Waals surface area contributed by atoms with E-state index in [9.17, 15) is 4.79 Å². The average molecular weight is 273 g/mol. The molecule has 3 N–H and O–H groups in total. The van der Waals surface area contributed by atoms with Gasteiger partial charge in [-0.1, -0.05) is 0 Å². The number of nitrogens with one attached hydrogen (secondary N) is 3. The summed E-state index contributed by atoms with van der Waals surface area (Å²) in [5.41, 5.74) is 1.72. The van der Waals surface area contributed by atoms with Crippen LogP contribution < -0.4 is 10.6 Å². The van der Waals surface area contributed by atoms with Crippen LogP contribution in [-0.2, 0) is 4.74 Å². The second-order valence-electron chi connectivity index (χ2n) is 5.04. The van der Waals surface area contributed by atoms with Crippen LogP contribution in [0.15, 0.2) is 30.5 Å². The summed E-state index contributed by atoms with van der Waals surface area (Å²) in [4.78, 5) is 15.3. The highest BCUT2D eigenvalue weighted by molar-refractivity contribution is 5.98. The van der Waals surface area contributed by atoms with Crippen molar-refractivity contribution in [3.8, 4) is 0 Å². The zero-order valence-electron chi connectivity index (χ0n) is 11.3. The van der Waals surface area contributed by atoms with E-state index in [4.69, 9.17) is 4.74 Å². The molecule has 1 aromatic carbocycles. The first-order valence-electron chi connectivity index (χ1n) is 7.00. The van der Waals surface area contributed by atoms with Gasteiger partial charge in [0.2, 0.25) is 0 Å². The summed E-state index contributed by atoms with van der Waals surface area (Å²) in [6.45, 7) is 3.06. The summed E-state index contributed by atoms with van der Waals surface area (Å²) in [7, 11) is 0. The Morgan fingerprint density at radius 2 is 2.35 bits per heavy atom. The van der Waals surface area contributed by atoms with Gasteiger partial charge in [0.25, 0.3) is 5.91 Å². The maximum Gasteiger partial charge on any atom is 0.251 e. The minimum Gasteiger partial charge on any atom is -0.375 e. The molecule has 1 fully saturated rings. The van der Waals surface area contributed by atoms with Crippen LogP contribution >= 0.6 is 0 Å². The standard InChI is InChI=1S/C15H19N3O2/c19-15(18-10-13-9-16-5-1-7-20-13)12-2-3-14-11(8-12)4-6-17-14/h2-4,6,8,13,16-17H,1,5,7,9-10H2,(H,18,19). The van der Waals surface area contributed by atoms with E-state index < -0.39 is 0 Å². The Balaban J connectivity index is 1.60. The quantitative estimate of drug-likeness (QED) is 0.789. The summed E-state index contributed by atoms with van der Waals surface area (Å²) >= 11 is 0. The lowest BCUT2D eigenvalue weighted by Gasteiger charge is -2.15. The molecule has 0 saturated carbocycles. The molecule has 1 saturated heterocycles. The van der Waals surface area contributed by atoms with E-state index in [-0.39, 0.29) is 12.0 Å². The number of carbonyl (C=O) groups excluding carboxylic acids is 1. The third-order valence-electron chi connectivity index (χ3n) is 3.53. The van der Waals surface area contributed by atoms with E-state index in [1.54, 1.807) is 0 Å². The van der Waals surface area contributed by atoms with E-state index >= 15 is 0 Å². The fourth-order valence-electron chi connectivity index (χ4n) is 2.40. The van der Waals surface area contributed by atoms with Crippen LogP contribution in [0, 0.1) is 0 Å². The van der Waals surface area contributed by atoms with E-state index in [0.717, 1.165) is 37.0 Å². The van der Waals surface area contributed by atoms with Gasteiger partial charge >= 0.3 is 0 Å². The van der Waals surface area contributed by atoms with Crippen molar-refractivity contribution in [2.24, 2.45) is 0 Å². The Morgan fingerprint density at radius 3 is 3.30 bits per heavy atom. The predicted octanol–water partition coefficient (Wildman–Crippen LogP) is 1.28. The number of rotatable bonds is 3. The van der Waals surface area contributed by atoms with Gasteiger partial charge in [-0.25, -0.2) is 0 Å². The molecule has 5 nitrogen and oxygen atoms in total. The molecular formula is C15H19N3O2. The smallest absolute Gasteiger partial charge is 0.251 e. The molecular weight excluding hydrogens is 254 g/mol. The zero-order valence-corrected chi connectivity index (χ0v) is 11.3. The van der Waals surface area contributed by atoms with Crippen molar-refractivity contribution in [3.05, 3.63) is 36.0 Å². The number of fused-ring (bicyclic) bond motifs is 1. The number of aromatic amines is 1.